The number of hydrogen-bond donors (Lipinski definition) is 0. The topological polar surface area (TPSA) is 38.9 Å². The smallest absolute Gasteiger partial charge is 0.329 e. The molecule has 3 nitrogen and oxygen atoms in total. The molecule has 0 saturated carbocycles. The summed E-state index contributed by atoms with van der Waals surface area (Å²) in [4.78, 5) is 3.02. The molecule has 0 unspecified atom stereocenters. The summed E-state index contributed by atoms with van der Waals surface area (Å²) in [6, 6.07) is 2.43. The summed E-state index contributed by atoms with van der Waals surface area (Å²) < 4.78 is 68.4. The van der Waals surface area contributed by atoms with Crippen LogP contribution in [0.25, 0.3) is 11.4 Å². The quantitative estimate of drug-likeness (QED) is 0.803. The van der Waals surface area contributed by atoms with Crippen molar-refractivity contribution >= 4 is 0 Å². The summed E-state index contributed by atoms with van der Waals surface area (Å²) in [7, 11) is 0. The van der Waals surface area contributed by atoms with E-state index in [0.29, 0.717) is 12.8 Å². The van der Waals surface area contributed by atoms with E-state index in [2.05, 4.69) is 14.7 Å². The number of benzene rings is 1. The van der Waals surface area contributed by atoms with E-state index in [-0.39, 0.29) is 5.56 Å². The van der Waals surface area contributed by atoms with Crippen molar-refractivity contribution in [1.82, 2.24) is 10.1 Å². The highest BCUT2D eigenvalue weighted by Crippen LogP contribution is 2.31. The molecule has 1 aromatic heterocycles. The van der Waals surface area contributed by atoms with E-state index in [9.17, 15) is 22.0 Å². The first-order valence-corrected chi connectivity index (χ1v) is 5.72. The van der Waals surface area contributed by atoms with Crippen molar-refractivity contribution in [3.63, 3.8) is 0 Å². The van der Waals surface area contributed by atoms with Crippen LogP contribution in [0.2, 0.25) is 0 Å². The van der Waals surface area contributed by atoms with Gasteiger partial charge >= 0.3 is 12.1 Å². The molecular formula is C12H9F5N2O. The molecule has 0 amide bonds. The maximum absolute atomic E-state index is 13.8. The van der Waals surface area contributed by atoms with Gasteiger partial charge in [0.05, 0.1) is 5.56 Å². The Morgan fingerprint density at radius 2 is 1.85 bits per heavy atom. The van der Waals surface area contributed by atoms with Crippen molar-refractivity contribution in [1.29, 1.82) is 0 Å². The predicted molar refractivity (Wildman–Crippen MR) is 58.6 cm³/mol. The van der Waals surface area contributed by atoms with Crippen molar-refractivity contribution in [3.8, 4) is 11.4 Å². The fourth-order valence-corrected chi connectivity index (χ4v) is 1.67. The minimum Gasteiger partial charge on any atom is -0.329 e. The molecule has 0 atom stereocenters. The third kappa shape index (κ3) is 2.63. The summed E-state index contributed by atoms with van der Waals surface area (Å²) in [5, 5.41) is 3.02. The van der Waals surface area contributed by atoms with E-state index in [1.165, 1.54) is 6.07 Å². The highest BCUT2D eigenvalue weighted by molar-refractivity contribution is 5.56. The molecule has 1 heterocycles. The Morgan fingerprint density at radius 3 is 2.40 bits per heavy atom. The molecule has 2 aromatic rings. The van der Waals surface area contributed by atoms with E-state index < -0.39 is 35.1 Å². The van der Waals surface area contributed by atoms with E-state index in [4.69, 9.17) is 0 Å². The Bertz CT molecular complexity index is 621. The number of aryl methyl sites for hydroxylation is 1. The average molecular weight is 292 g/mol. The third-order valence-electron chi connectivity index (χ3n) is 2.59. The lowest BCUT2D eigenvalue weighted by Crippen LogP contribution is -2.05. The first-order chi connectivity index (χ1) is 9.34. The Balaban J connectivity index is 2.43. The maximum atomic E-state index is 13.8. The zero-order chi connectivity index (χ0) is 14.9. The zero-order valence-electron chi connectivity index (χ0n) is 10.3. The first kappa shape index (κ1) is 14.4. The summed E-state index contributed by atoms with van der Waals surface area (Å²) >= 11 is 0. The van der Waals surface area contributed by atoms with E-state index in [0.717, 1.165) is 6.07 Å². The van der Waals surface area contributed by atoms with Gasteiger partial charge in [-0.3, -0.25) is 0 Å². The zero-order valence-corrected chi connectivity index (χ0v) is 10.3. The molecule has 0 N–H and O–H groups in total. The molecular weight excluding hydrogens is 283 g/mol. The van der Waals surface area contributed by atoms with Gasteiger partial charge in [-0.1, -0.05) is 24.6 Å². The molecule has 0 aliphatic heterocycles. The summed E-state index contributed by atoms with van der Waals surface area (Å²) in [5.74, 6) is -4.64. The number of aromatic nitrogens is 2. The van der Waals surface area contributed by atoms with E-state index in [1.807, 2.05) is 0 Å². The highest BCUT2D eigenvalue weighted by Gasteiger charge is 2.38. The lowest BCUT2D eigenvalue weighted by Gasteiger charge is -2.05. The second-order valence-corrected chi connectivity index (χ2v) is 4.07. The average Bonchev–Trinajstić information content (AvgIpc) is 2.85. The third-order valence-corrected chi connectivity index (χ3v) is 2.59. The van der Waals surface area contributed by atoms with Gasteiger partial charge in [0.15, 0.2) is 11.6 Å². The second kappa shape index (κ2) is 5.18. The lowest BCUT2D eigenvalue weighted by atomic mass is 10.1. The highest BCUT2D eigenvalue weighted by atomic mass is 19.4. The molecule has 0 bridgehead atoms. The normalized spacial score (nSPS) is 11.9. The van der Waals surface area contributed by atoms with Crippen LogP contribution < -0.4 is 0 Å². The van der Waals surface area contributed by atoms with Gasteiger partial charge in [0.2, 0.25) is 5.82 Å². The van der Waals surface area contributed by atoms with Gasteiger partial charge in [-0.15, -0.1) is 0 Å². The molecule has 0 fully saturated rings. The van der Waals surface area contributed by atoms with Gasteiger partial charge in [0, 0.05) is 0 Å². The van der Waals surface area contributed by atoms with Crippen LogP contribution in [0, 0.1) is 11.6 Å². The molecule has 0 spiro atoms. The summed E-state index contributed by atoms with van der Waals surface area (Å²) in [6.07, 6.45) is -3.90. The second-order valence-electron chi connectivity index (χ2n) is 4.07. The lowest BCUT2D eigenvalue weighted by molar-refractivity contribution is -0.159. The van der Waals surface area contributed by atoms with Gasteiger partial charge in [0.25, 0.3) is 0 Å². The van der Waals surface area contributed by atoms with Gasteiger partial charge in [-0.05, 0) is 18.1 Å². The van der Waals surface area contributed by atoms with Gasteiger partial charge in [-0.25, -0.2) is 8.78 Å². The Kier molecular flexibility index (Phi) is 3.74. The SMILES string of the molecule is CCCc1ccc(-c2noc(C(F)(F)F)n2)c(F)c1F. The summed E-state index contributed by atoms with van der Waals surface area (Å²) in [6.45, 7) is 1.79. The monoisotopic (exact) mass is 292 g/mol. The molecule has 0 aliphatic carbocycles. The van der Waals surface area contributed by atoms with E-state index in [1.54, 1.807) is 6.92 Å². The van der Waals surface area contributed by atoms with Crippen LogP contribution in [0.3, 0.4) is 0 Å². The fraction of sp³-hybridized carbons (Fsp3) is 0.333. The minimum atomic E-state index is -4.83. The molecule has 0 saturated heterocycles. The molecule has 0 aliphatic rings. The standard InChI is InChI=1S/C12H9F5N2O/c1-2-3-6-4-5-7(9(14)8(6)13)10-18-11(20-19-10)12(15,16)17/h4-5H,2-3H2,1H3. The number of alkyl halides is 3. The number of hydrogen-bond acceptors (Lipinski definition) is 3. The maximum Gasteiger partial charge on any atom is 0.471 e. The van der Waals surface area contributed by atoms with Crippen molar-refractivity contribution in [3.05, 3.63) is 35.2 Å². The van der Waals surface area contributed by atoms with Crippen molar-refractivity contribution in [2.75, 3.05) is 0 Å². The molecule has 108 valence electrons. The summed E-state index contributed by atoms with van der Waals surface area (Å²) in [5.41, 5.74) is -0.324. The first-order valence-electron chi connectivity index (χ1n) is 5.72. The van der Waals surface area contributed by atoms with E-state index >= 15 is 0 Å². The van der Waals surface area contributed by atoms with Crippen molar-refractivity contribution in [2.45, 2.75) is 25.9 Å². The Morgan fingerprint density at radius 1 is 1.15 bits per heavy atom. The van der Waals surface area contributed by atoms with Crippen LogP contribution in [-0.2, 0) is 12.6 Å². The van der Waals surface area contributed by atoms with Gasteiger partial charge in [-0.2, -0.15) is 18.2 Å². The molecule has 2 rings (SSSR count). The van der Waals surface area contributed by atoms with Crippen molar-refractivity contribution < 1.29 is 26.5 Å². The fourth-order valence-electron chi connectivity index (χ4n) is 1.67. The Labute approximate surface area is 110 Å². The number of rotatable bonds is 3. The minimum absolute atomic E-state index is 0.147. The number of halogens is 5. The number of nitrogens with zero attached hydrogens (tertiary/aromatic N) is 2. The van der Waals surface area contributed by atoms with Crippen LogP contribution in [0.5, 0.6) is 0 Å². The predicted octanol–water partition coefficient (Wildman–Crippen LogP) is 3.99. The largest absolute Gasteiger partial charge is 0.471 e. The molecule has 8 heteroatoms. The molecule has 1 aromatic carbocycles. The van der Waals surface area contributed by atoms with Crippen LogP contribution in [0.15, 0.2) is 16.7 Å². The molecule has 20 heavy (non-hydrogen) atoms. The molecule has 0 radical (unpaired) electrons. The van der Waals surface area contributed by atoms with Crippen molar-refractivity contribution in [2.24, 2.45) is 0 Å². The van der Waals surface area contributed by atoms with Crippen LogP contribution in [-0.4, -0.2) is 10.1 Å². The van der Waals surface area contributed by atoms with Gasteiger partial charge in [0.1, 0.15) is 0 Å². The van der Waals surface area contributed by atoms with Crippen LogP contribution in [0.1, 0.15) is 24.8 Å². The van der Waals surface area contributed by atoms with Crippen LogP contribution in [0.4, 0.5) is 22.0 Å². The Hall–Kier alpha value is -1.99. The van der Waals surface area contributed by atoms with Crippen LogP contribution >= 0.6 is 0 Å². The van der Waals surface area contributed by atoms with Gasteiger partial charge < -0.3 is 4.52 Å².